The van der Waals surface area contributed by atoms with Gasteiger partial charge < -0.3 is 5.32 Å². The van der Waals surface area contributed by atoms with Crippen molar-refractivity contribution in [1.82, 2.24) is 10.0 Å². The van der Waals surface area contributed by atoms with E-state index in [0.717, 1.165) is 5.56 Å². The first-order valence-corrected chi connectivity index (χ1v) is 8.86. The Labute approximate surface area is 136 Å². The number of rotatable bonds is 7. The Morgan fingerprint density at radius 2 is 1.57 bits per heavy atom. The highest BCUT2D eigenvalue weighted by Crippen LogP contribution is 2.08. The number of hydrogen-bond donors (Lipinski definition) is 2. The first-order valence-electron chi connectivity index (χ1n) is 7.38. The molecule has 2 aromatic carbocycles. The lowest BCUT2D eigenvalue weighted by atomic mass is 10.1. The predicted molar refractivity (Wildman–Crippen MR) is 89.4 cm³/mol. The summed E-state index contributed by atoms with van der Waals surface area (Å²) >= 11 is 0. The molecule has 0 heterocycles. The Morgan fingerprint density at radius 1 is 1.00 bits per heavy atom. The molecule has 0 radical (unpaired) electrons. The predicted octanol–water partition coefficient (Wildman–Crippen LogP) is 1.71. The molecule has 0 aliphatic heterocycles. The highest BCUT2D eigenvalue weighted by atomic mass is 32.2. The van der Waals surface area contributed by atoms with Gasteiger partial charge in [0, 0.05) is 6.54 Å². The highest BCUT2D eigenvalue weighted by Gasteiger charge is 2.21. The van der Waals surface area contributed by atoms with Crippen LogP contribution in [0.4, 0.5) is 0 Å². The van der Waals surface area contributed by atoms with Gasteiger partial charge in [0.05, 0.1) is 10.9 Å². The molecule has 0 aliphatic rings. The van der Waals surface area contributed by atoms with Gasteiger partial charge in [-0.3, -0.25) is 4.79 Å². The van der Waals surface area contributed by atoms with Crippen molar-refractivity contribution in [3.8, 4) is 0 Å². The minimum atomic E-state index is -3.69. The third kappa shape index (κ3) is 5.19. The van der Waals surface area contributed by atoms with Gasteiger partial charge in [-0.2, -0.15) is 4.72 Å². The van der Waals surface area contributed by atoms with Crippen molar-refractivity contribution in [2.75, 3.05) is 6.54 Å². The van der Waals surface area contributed by atoms with Crippen molar-refractivity contribution in [2.45, 2.75) is 24.3 Å². The molecule has 5 nitrogen and oxygen atoms in total. The van der Waals surface area contributed by atoms with E-state index in [0.29, 0.717) is 13.0 Å². The fraction of sp³-hybridized carbons (Fsp3) is 0.235. The van der Waals surface area contributed by atoms with Gasteiger partial charge >= 0.3 is 0 Å². The van der Waals surface area contributed by atoms with Crippen molar-refractivity contribution in [3.05, 3.63) is 66.2 Å². The Hall–Kier alpha value is -2.18. The van der Waals surface area contributed by atoms with E-state index in [2.05, 4.69) is 10.0 Å². The zero-order chi connectivity index (χ0) is 16.7. The minimum Gasteiger partial charge on any atom is -0.354 e. The van der Waals surface area contributed by atoms with Gasteiger partial charge in [0.15, 0.2) is 0 Å². The fourth-order valence-electron chi connectivity index (χ4n) is 2.08. The summed E-state index contributed by atoms with van der Waals surface area (Å²) in [5.41, 5.74) is 1.12. The molecule has 0 saturated carbocycles. The summed E-state index contributed by atoms with van der Waals surface area (Å²) in [5, 5.41) is 2.74. The smallest absolute Gasteiger partial charge is 0.241 e. The monoisotopic (exact) mass is 332 g/mol. The van der Waals surface area contributed by atoms with Gasteiger partial charge in [0.2, 0.25) is 15.9 Å². The van der Waals surface area contributed by atoms with Crippen LogP contribution in [-0.4, -0.2) is 26.9 Å². The van der Waals surface area contributed by atoms with Crippen molar-refractivity contribution < 1.29 is 13.2 Å². The zero-order valence-corrected chi connectivity index (χ0v) is 13.7. The van der Waals surface area contributed by atoms with Crippen molar-refractivity contribution >= 4 is 15.9 Å². The van der Waals surface area contributed by atoms with Gasteiger partial charge in [0.1, 0.15) is 0 Å². The second kappa shape index (κ2) is 7.89. The Morgan fingerprint density at radius 3 is 2.17 bits per heavy atom. The van der Waals surface area contributed by atoms with Gasteiger partial charge in [-0.15, -0.1) is 0 Å². The second-order valence-electron chi connectivity index (χ2n) is 5.18. The molecule has 23 heavy (non-hydrogen) atoms. The van der Waals surface area contributed by atoms with E-state index >= 15 is 0 Å². The van der Waals surface area contributed by atoms with E-state index in [1.807, 2.05) is 30.3 Å². The zero-order valence-electron chi connectivity index (χ0n) is 12.9. The summed E-state index contributed by atoms with van der Waals surface area (Å²) in [7, 11) is -3.69. The number of carbonyl (C=O) groups is 1. The first kappa shape index (κ1) is 17.2. The first-order chi connectivity index (χ1) is 11.0. The highest BCUT2D eigenvalue weighted by molar-refractivity contribution is 7.89. The normalized spacial score (nSPS) is 12.6. The van der Waals surface area contributed by atoms with E-state index < -0.39 is 16.1 Å². The Kier molecular flexibility index (Phi) is 5.90. The molecule has 0 unspecified atom stereocenters. The number of nitrogens with one attached hydrogen (secondary N) is 2. The second-order valence-corrected chi connectivity index (χ2v) is 6.90. The number of sulfonamides is 1. The van der Waals surface area contributed by atoms with E-state index in [-0.39, 0.29) is 10.8 Å². The van der Waals surface area contributed by atoms with Gasteiger partial charge in [-0.25, -0.2) is 8.42 Å². The summed E-state index contributed by atoms with van der Waals surface area (Å²) in [6.07, 6.45) is 0.699. The number of benzene rings is 2. The standard InChI is InChI=1S/C17H20N2O3S/c1-14(19-23(21,22)16-10-6-3-7-11-16)17(20)18-13-12-15-8-4-2-5-9-15/h2-11,14,19H,12-13H2,1H3,(H,18,20)/t14-/m0/s1. The molecule has 1 amide bonds. The van der Waals surface area contributed by atoms with Crippen LogP contribution < -0.4 is 10.0 Å². The van der Waals surface area contributed by atoms with Crippen LogP contribution in [0.2, 0.25) is 0 Å². The summed E-state index contributed by atoms with van der Waals surface area (Å²) in [6, 6.07) is 16.9. The average molecular weight is 332 g/mol. The maximum atomic E-state index is 12.2. The van der Waals surface area contributed by atoms with E-state index in [1.165, 1.54) is 19.1 Å². The van der Waals surface area contributed by atoms with Gasteiger partial charge in [-0.1, -0.05) is 48.5 Å². The third-order valence-corrected chi connectivity index (χ3v) is 4.89. The molecule has 0 spiro atoms. The molecule has 0 aliphatic carbocycles. The van der Waals surface area contributed by atoms with Crippen LogP contribution in [-0.2, 0) is 21.2 Å². The van der Waals surface area contributed by atoms with Gasteiger partial charge in [0.25, 0.3) is 0 Å². The SMILES string of the molecule is C[C@H](NS(=O)(=O)c1ccccc1)C(=O)NCCc1ccccc1. The number of hydrogen-bond acceptors (Lipinski definition) is 3. The Bertz CT molecular complexity index is 731. The lowest BCUT2D eigenvalue weighted by Gasteiger charge is -2.14. The topological polar surface area (TPSA) is 75.3 Å². The van der Waals surface area contributed by atoms with Crippen LogP contribution in [0.15, 0.2) is 65.6 Å². The fourth-order valence-corrected chi connectivity index (χ4v) is 3.31. The Balaban J connectivity index is 1.85. The van der Waals surface area contributed by atoms with Crippen molar-refractivity contribution in [1.29, 1.82) is 0 Å². The van der Waals surface area contributed by atoms with Crippen molar-refractivity contribution in [3.63, 3.8) is 0 Å². The molecule has 0 saturated heterocycles. The molecule has 122 valence electrons. The summed E-state index contributed by atoms with van der Waals surface area (Å²) in [6.45, 7) is 1.98. The molecule has 0 fully saturated rings. The quantitative estimate of drug-likeness (QED) is 0.810. The van der Waals surface area contributed by atoms with Crippen LogP contribution in [0.5, 0.6) is 0 Å². The van der Waals surface area contributed by atoms with Gasteiger partial charge in [-0.05, 0) is 31.0 Å². The van der Waals surface area contributed by atoms with E-state index in [4.69, 9.17) is 0 Å². The number of amides is 1. The minimum absolute atomic E-state index is 0.143. The maximum absolute atomic E-state index is 12.2. The maximum Gasteiger partial charge on any atom is 0.241 e. The molecule has 6 heteroatoms. The molecule has 0 bridgehead atoms. The average Bonchev–Trinajstić information content (AvgIpc) is 2.56. The molecule has 2 aromatic rings. The molecule has 2 N–H and O–H groups in total. The summed E-state index contributed by atoms with van der Waals surface area (Å²) in [4.78, 5) is 12.1. The molecule has 1 atom stereocenters. The largest absolute Gasteiger partial charge is 0.354 e. The molecule has 0 aromatic heterocycles. The summed E-state index contributed by atoms with van der Waals surface area (Å²) < 4.78 is 26.7. The van der Waals surface area contributed by atoms with Crippen molar-refractivity contribution in [2.24, 2.45) is 0 Å². The lowest BCUT2D eigenvalue weighted by Crippen LogP contribution is -2.45. The molecular weight excluding hydrogens is 312 g/mol. The molecular formula is C17H20N2O3S. The number of carbonyl (C=O) groups excluding carboxylic acids is 1. The van der Waals surface area contributed by atoms with Crippen LogP contribution in [0.1, 0.15) is 12.5 Å². The lowest BCUT2D eigenvalue weighted by molar-refractivity contribution is -0.122. The van der Waals surface area contributed by atoms with Crippen LogP contribution in [0, 0.1) is 0 Å². The van der Waals surface area contributed by atoms with E-state index in [1.54, 1.807) is 18.2 Å². The van der Waals surface area contributed by atoms with E-state index in [9.17, 15) is 13.2 Å². The molecule has 2 rings (SSSR count). The van der Waals surface area contributed by atoms with Crippen LogP contribution in [0.25, 0.3) is 0 Å². The van der Waals surface area contributed by atoms with Crippen LogP contribution >= 0.6 is 0 Å². The van der Waals surface area contributed by atoms with Crippen LogP contribution in [0.3, 0.4) is 0 Å². The third-order valence-electron chi connectivity index (χ3n) is 3.33. The summed E-state index contributed by atoms with van der Waals surface area (Å²) in [5.74, 6) is -0.347.